The number of amides is 2. The number of piperazine rings is 1. The Morgan fingerprint density at radius 3 is 2.16 bits per heavy atom. The van der Waals surface area contributed by atoms with E-state index in [1.165, 1.54) is 0 Å². The van der Waals surface area contributed by atoms with Gasteiger partial charge in [0.25, 0.3) is 5.91 Å². The Bertz CT molecular complexity index is 1470. The summed E-state index contributed by atoms with van der Waals surface area (Å²) < 4.78 is 12.1. The minimum absolute atomic E-state index is 0.000368. The molecule has 2 fully saturated rings. The zero-order chi connectivity index (χ0) is 31.8. The molecular weight excluding hydrogens is 548 g/mol. The van der Waals surface area contributed by atoms with Gasteiger partial charge in [-0.25, -0.2) is 4.79 Å². The van der Waals surface area contributed by atoms with E-state index in [-0.39, 0.29) is 22.8 Å². The molecule has 0 radical (unpaired) electrons. The molecule has 6 nitrogen and oxygen atoms in total. The first-order valence-corrected chi connectivity index (χ1v) is 16.1. The van der Waals surface area contributed by atoms with Crippen molar-refractivity contribution in [1.82, 2.24) is 9.80 Å². The number of rotatable bonds is 4. The van der Waals surface area contributed by atoms with Crippen molar-refractivity contribution in [1.29, 1.82) is 0 Å². The average Bonchev–Trinajstić information content (AvgIpc) is 2.96. The molecule has 1 spiro atoms. The van der Waals surface area contributed by atoms with Crippen molar-refractivity contribution in [3.05, 3.63) is 77.9 Å². The lowest BCUT2D eigenvalue weighted by molar-refractivity contribution is -0.0504. The van der Waals surface area contributed by atoms with Crippen LogP contribution in [-0.4, -0.2) is 52.6 Å². The van der Waals surface area contributed by atoms with Gasteiger partial charge in [0.2, 0.25) is 0 Å². The van der Waals surface area contributed by atoms with Crippen LogP contribution in [0.2, 0.25) is 0 Å². The highest BCUT2D eigenvalue weighted by atomic mass is 16.6. The van der Waals surface area contributed by atoms with Crippen LogP contribution < -0.4 is 4.74 Å². The van der Waals surface area contributed by atoms with Gasteiger partial charge in [-0.1, -0.05) is 76.2 Å². The van der Waals surface area contributed by atoms with E-state index in [2.05, 4.69) is 27.7 Å². The van der Waals surface area contributed by atoms with E-state index in [9.17, 15) is 9.59 Å². The number of nitrogens with zero attached hydrogens (tertiary/aromatic N) is 2. The van der Waals surface area contributed by atoms with Crippen LogP contribution in [0.25, 0.3) is 10.8 Å². The Hall–Kier alpha value is -3.54. The third-order valence-corrected chi connectivity index (χ3v) is 9.38. The van der Waals surface area contributed by atoms with Crippen LogP contribution in [-0.2, 0) is 11.3 Å². The minimum Gasteiger partial charge on any atom is -0.489 e. The lowest BCUT2D eigenvalue weighted by Gasteiger charge is -2.54. The molecule has 0 bridgehead atoms. The van der Waals surface area contributed by atoms with E-state index in [1.807, 2.05) is 97.3 Å². The molecule has 3 aromatic rings. The van der Waals surface area contributed by atoms with Gasteiger partial charge in [0.1, 0.15) is 18.0 Å². The molecule has 2 amide bonds. The van der Waals surface area contributed by atoms with Crippen LogP contribution >= 0.6 is 0 Å². The lowest BCUT2D eigenvalue weighted by atomic mass is 9.64. The highest BCUT2D eigenvalue weighted by Crippen LogP contribution is 2.48. The maximum absolute atomic E-state index is 14.4. The smallest absolute Gasteiger partial charge is 0.410 e. The van der Waals surface area contributed by atoms with Crippen LogP contribution in [0, 0.1) is 10.8 Å². The summed E-state index contributed by atoms with van der Waals surface area (Å²) in [5.41, 5.74) is 0.952. The number of carbonyl (C=O) groups excluding carboxylic acids is 2. The predicted octanol–water partition coefficient (Wildman–Crippen LogP) is 8.87. The number of ether oxygens (including phenoxy) is 2. The van der Waals surface area contributed by atoms with Gasteiger partial charge in [-0.15, -0.1) is 0 Å². The number of hydrogen-bond acceptors (Lipinski definition) is 4. The molecular formula is C38H50N2O4. The summed E-state index contributed by atoms with van der Waals surface area (Å²) in [6.07, 6.45) is 4.50. The standard InChI is InChI=1S/C38H50N2O4/c1-35(2,3)44-34(42)40-23-22-39(27-38(40)20-18-36(4,5)26-37(6,7)19-21-38)33(41)31-15-11-14-29-16-17-30(24-32(29)31)43-25-28-12-9-8-10-13-28/h8-17,24H,18-23,25-27H2,1-7H3. The van der Waals surface area contributed by atoms with Gasteiger partial charge in [-0.3, -0.25) is 9.69 Å². The first-order chi connectivity index (χ1) is 20.7. The highest BCUT2D eigenvalue weighted by molar-refractivity contribution is 6.07. The molecule has 0 atom stereocenters. The largest absolute Gasteiger partial charge is 0.489 e. The zero-order valence-electron chi connectivity index (χ0n) is 27.7. The summed E-state index contributed by atoms with van der Waals surface area (Å²) in [6.45, 7) is 17.0. The lowest BCUT2D eigenvalue weighted by Crippen LogP contribution is -2.66. The summed E-state index contributed by atoms with van der Waals surface area (Å²) in [5.74, 6) is 0.733. The third kappa shape index (κ3) is 7.39. The molecule has 236 valence electrons. The van der Waals surface area contributed by atoms with Crippen LogP contribution in [0.3, 0.4) is 0 Å². The molecule has 5 rings (SSSR count). The Labute approximate surface area is 263 Å². The predicted molar refractivity (Wildman–Crippen MR) is 177 cm³/mol. The van der Waals surface area contributed by atoms with Gasteiger partial charge in [0.15, 0.2) is 0 Å². The fourth-order valence-electron chi connectivity index (χ4n) is 7.36. The first kappa shape index (κ1) is 31.9. The van der Waals surface area contributed by atoms with Crippen LogP contribution in [0.4, 0.5) is 4.79 Å². The Kier molecular flexibility index (Phi) is 8.76. The summed E-state index contributed by atoms with van der Waals surface area (Å²) in [4.78, 5) is 32.1. The average molecular weight is 599 g/mol. The van der Waals surface area contributed by atoms with Crippen LogP contribution in [0.15, 0.2) is 66.7 Å². The second-order valence-corrected chi connectivity index (χ2v) is 15.6. The summed E-state index contributed by atoms with van der Waals surface area (Å²) in [5, 5.41) is 1.88. The molecule has 1 aliphatic carbocycles. The van der Waals surface area contributed by atoms with Crippen LogP contribution in [0.1, 0.15) is 96.5 Å². The molecule has 1 saturated heterocycles. The second kappa shape index (κ2) is 12.1. The molecule has 44 heavy (non-hydrogen) atoms. The summed E-state index contributed by atoms with van der Waals surface area (Å²) >= 11 is 0. The molecule has 6 heteroatoms. The molecule has 0 unspecified atom stereocenters. The van der Waals surface area contributed by atoms with Gasteiger partial charge in [-0.2, -0.15) is 0 Å². The van der Waals surface area contributed by atoms with Crippen molar-refractivity contribution in [2.24, 2.45) is 10.8 Å². The summed E-state index contributed by atoms with van der Waals surface area (Å²) in [7, 11) is 0. The number of carbonyl (C=O) groups is 2. The number of benzene rings is 3. The fraction of sp³-hybridized carbons (Fsp3) is 0.526. The van der Waals surface area contributed by atoms with E-state index >= 15 is 0 Å². The van der Waals surface area contributed by atoms with E-state index in [0.717, 1.165) is 54.2 Å². The van der Waals surface area contributed by atoms with Gasteiger partial charge in [0, 0.05) is 25.2 Å². The van der Waals surface area contributed by atoms with Crippen molar-refractivity contribution in [3.8, 4) is 5.75 Å². The molecule has 1 aliphatic heterocycles. The molecule has 1 heterocycles. The molecule has 0 N–H and O–H groups in total. The van der Waals surface area contributed by atoms with Gasteiger partial charge in [0.05, 0.1) is 5.54 Å². The van der Waals surface area contributed by atoms with E-state index in [4.69, 9.17) is 9.47 Å². The Balaban J connectivity index is 1.45. The van der Waals surface area contributed by atoms with Gasteiger partial charge in [-0.05, 0) is 98.2 Å². The van der Waals surface area contributed by atoms with Crippen LogP contribution in [0.5, 0.6) is 5.75 Å². The van der Waals surface area contributed by atoms with Crippen molar-refractivity contribution in [2.45, 2.75) is 98.3 Å². The quantitative estimate of drug-likeness (QED) is 0.301. The normalized spacial score (nSPS) is 19.7. The van der Waals surface area contributed by atoms with E-state index in [1.54, 1.807) is 0 Å². The third-order valence-electron chi connectivity index (χ3n) is 9.38. The molecule has 1 saturated carbocycles. The number of fused-ring (bicyclic) bond motifs is 1. The van der Waals surface area contributed by atoms with E-state index in [0.29, 0.717) is 31.8 Å². The Morgan fingerprint density at radius 1 is 0.818 bits per heavy atom. The monoisotopic (exact) mass is 598 g/mol. The van der Waals surface area contributed by atoms with Crippen molar-refractivity contribution in [2.75, 3.05) is 19.6 Å². The van der Waals surface area contributed by atoms with Gasteiger partial charge >= 0.3 is 6.09 Å². The maximum Gasteiger partial charge on any atom is 0.410 e. The van der Waals surface area contributed by atoms with Crippen molar-refractivity contribution in [3.63, 3.8) is 0 Å². The van der Waals surface area contributed by atoms with Crippen molar-refractivity contribution < 1.29 is 19.1 Å². The minimum atomic E-state index is -0.589. The molecule has 0 aromatic heterocycles. The van der Waals surface area contributed by atoms with E-state index < -0.39 is 11.1 Å². The topological polar surface area (TPSA) is 59.1 Å². The number of hydrogen-bond donors (Lipinski definition) is 0. The maximum atomic E-state index is 14.4. The first-order valence-electron chi connectivity index (χ1n) is 16.1. The SMILES string of the molecule is CC1(C)CCC2(CCC(C)(C)C1)CN(C(=O)c1cccc3ccc(OCc4ccccc4)cc13)CCN2C(=O)OC(C)(C)C. The zero-order valence-corrected chi connectivity index (χ0v) is 27.7. The van der Waals surface area contributed by atoms with Crippen molar-refractivity contribution >= 4 is 22.8 Å². The fourth-order valence-corrected chi connectivity index (χ4v) is 7.36. The second-order valence-electron chi connectivity index (χ2n) is 15.6. The highest BCUT2D eigenvalue weighted by Gasteiger charge is 2.49. The van der Waals surface area contributed by atoms with Gasteiger partial charge < -0.3 is 14.4 Å². The molecule has 3 aromatic carbocycles. The summed E-state index contributed by atoms with van der Waals surface area (Å²) in [6, 6.07) is 22.0. The Morgan fingerprint density at radius 2 is 1.50 bits per heavy atom. The molecule has 2 aliphatic rings.